The molecule has 0 aliphatic heterocycles. The number of nitro groups is 1. The molecule has 2 atom stereocenters. The van der Waals surface area contributed by atoms with Crippen molar-refractivity contribution < 1.29 is 27.3 Å². The Morgan fingerprint density at radius 3 is 2.47 bits per heavy atom. The van der Waals surface area contributed by atoms with E-state index in [-0.39, 0.29) is 10.6 Å². The van der Waals surface area contributed by atoms with Crippen molar-refractivity contribution in [1.82, 2.24) is 4.72 Å². The highest BCUT2D eigenvalue weighted by Crippen LogP contribution is 2.31. The van der Waals surface area contributed by atoms with E-state index in [0.29, 0.717) is 5.56 Å². The lowest BCUT2D eigenvalue weighted by molar-refractivity contribution is -0.387. The van der Waals surface area contributed by atoms with Gasteiger partial charge in [0.15, 0.2) is 4.90 Å². The van der Waals surface area contributed by atoms with Gasteiger partial charge in [-0.2, -0.15) is 4.72 Å². The molecular formula is C19H20ClFN2O6S. The Balaban J connectivity index is 2.57. The summed E-state index contributed by atoms with van der Waals surface area (Å²) in [6, 6.07) is 4.27. The van der Waals surface area contributed by atoms with Crippen molar-refractivity contribution in [1.29, 1.82) is 0 Å². The molecule has 0 aliphatic rings. The third-order valence-electron chi connectivity index (χ3n) is 4.83. The minimum atomic E-state index is -4.57. The van der Waals surface area contributed by atoms with E-state index >= 15 is 0 Å². The lowest BCUT2D eigenvalue weighted by Crippen LogP contribution is -2.45. The minimum Gasteiger partial charge on any atom is -0.468 e. The van der Waals surface area contributed by atoms with Crippen LogP contribution in [-0.4, -0.2) is 32.5 Å². The average molecular weight is 459 g/mol. The van der Waals surface area contributed by atoms with Crippen LogP contribution in [0.1, 0.15) is 29.5 Å². The van der Waals surface area contributed by atoms with Gasteiger partial charge in [-0.3, -0.25) is 14.9 Å². The van der Waals surface area contributed by atoms with Crippen LogP contribution in [0.3, 0.4) is 0 Å². The van der Waals surface area contributed by atoms with Crippen LogP contribution in [0.4, 0.5) is 10.1 Å². The monoisotopic (exact) mass is 458 g/mol. The predicted molar refractivity (Wildman–Crippen MR) is 109 cm³/mol. The van der Waals surface area contributed by atoms with Gasteiger partial charge in [-0.05, 0) is 48.7 Å². The molecule has 0 fully saturated rings. The Hall–Kier alpha value is -2.56. The summed E-state index contributed by atoms with van der Waals surface area (Å²) in [5, 5.41) is 11.3. The van der Waals surface area contributed by atoms with Gasteiger partial charge < -0.3 is 4.74 Å². The maximum absolute atomic E-state index is 14.5. The first-order valence-electron chi connectivity index (χ1n) is 8.70. The van der Waals surface area contributed by atoms with Crippen LogP contribution >= 0.6 is 11.6 Å². The zero-order chi connectivity index (χ0) is 22.8. The topological polar surface area (TPSA) is 116 Å². The second-order valence-electron chi connectivity index (χ2n) is 6.68. The minimum absolute atomic E-state index is 0.0315. The average Bonchev–Trinajstić information content (AvgIpc) is 2.68. The number of nitro benzene ring substituents is 1. The number of ether oxygens (including phenoxy) is 1. The van der Waals surface area contributed by atoms with Gasteiger partial charge in [0.2, 0.25) is 10.0 Å². The van der Waals surface area contributed by atoms with Crippen LogP contribution in [0.25, 0.3) is 0 Å². The first-order chi connectivity index (χ1) is 13.9. The highest BCUT2D eigenvalue weighted by atomic mass is 35.5. The molecular weight excluding hydrogens is 439 g/mol. The second kappa shape index (κ2) is 9.07. The van der Waals surface area contributed by atoms with E-state index in [0.717, 1.165) is 24.8 Å². The molecule has 0 aliphatic carbocycles. The summed E-state index contributed by atoms with van der Waals surface area (Å²) in [4.78, 5) is 22.1. The standard InChI is InChI=1S/C19H20ClFN2O6S/c1-10-5-7-14(21)17(11(10)2)12(3)18(19(24)29-4)22-30(27,28)16-8-6-13(20)9-15(16)23(25)26/h5-9,12,18,22H,1-4H3/t12?,18-/m0/s1. The normalized spacial score (nSPS) is 13.5. The summed E-state index contributed by atoms with van der Waals surface area (Å²) < 4.78 is 47.2. The maximum atomic E-state index is 14.5. The number of methoxy groups -OCH3 is 1. The summed E-state index contributed by atoms with van der Waals surface area (Å²) in [7, 11) is -3.51. The van der Waals surface area contributed by atoms with Gasteiger partial charge in [-0.1, -0.05) is 24.6 Å². The first-order valence-corrected chi connectivity index (χ1v) is 10.6. The molecule has 2 aromatic carbocycles. The number of sulfonamides is 1. The molecule has 0 spiro atoms. The van der Waals surface area contributed by atoms with Crippen molar-refractivity contribution in [2.75, 3.05) is 7.11 Å². The predicted octanol–water partition coefficient (Wildman–Crippen LogP) is 3.63. The number of hydrogen-bond donors (Lipinski definition) is 1. The number of hydrogen-bond acceptors (Lipinski definition) is 6. The summed E-state index contributed by atoms with van der Waals surface area (Å²) in [6.45, 7) is 4.86. The van der Waals surface area contributed by atoms with Gasteiger partial charge in [-0.25, -0.2) is 12.8 Å². The summed E-state index contributed by atoms with van der Waals surface area (Å²) in [5.74, 6) is -2.56. The van der Waals surface area contributed by atoms with E-state index in [1.807, 2.05) is 0 Å². The molecule has 8 nitrogen and oxygen atoms in total. The fraction of sp³-hybridized carbons (Fsp3) is 0.316. The zero-order valence-electron chi connectivity index (χ0n) is 16.6. The number of benzene rings is 2. The van der Waals surface area contributed by atoms with Gasteiger partial charge in [0.25, 0.3) is 5.69 Å². The van der Waals surface area contributed by atoms with E-state index in [4.69, 9.17) is 16.3 Å². The number of nitrogens with zero attached hydrogens (tertiary/aromatic N) is 1. The second-order valence-corrected chi connectivity index (χ2v) is 8.80. The summed E-state index contributed by atoms with van der Waals surface area (Å²) >= 11 is 5.73. The number of carbonyl (C=O) groups is 1. The van der Waals surface area contributed by atoms with Gasteiger partial charge in [0.05, 0.1) is 12.0 Å². The third kappa shape index (κ3) is 4.77. The number of rotatable bonds is 7. The SMILES string of the molecule is COC(=O)[C@@H](NS(=O)(=O)c1ccc(Cl)cc1[N+](=O)[O-])C(C)c1c(F)ccc(C)c1C. The van der Waals surface area contributed by atoms with Crippen LogP contribution in [-0.2, 0) is 19.6 Å². The molecule has 162 valence electrons. The molecule has 0 heterocycles. The van der Waals surface area contributed by atoms with Crippen LogP contribution in [0.5, 0.6) is 0 Å². The Morgan fingerprint density at radius 2 is 1.90 bits per heavy atom. The van der Waals surface area contributed by atoms with Crippen molar-refractivity contribution in [2.45, 2.75) is 37.6 Å². The molecule has 1 unspecified atom stereocenters. The van der Waals surface area contributed by atoms with E-state index < -0.39 is 49.3 Å². The highest BCUT2D eigenvalue weighted by Gasteiger charge is 2.36. The molecule has 0 aromatic heterocycles. The Morgan fingerprint density at radius 1 is 1.27 bits per heavy atom. The smallest absolute Gasteiger partial charge is 0.324 e. The zero-order valence-corrected chi connectivity index (χ0v) is 18.2. The number of esters is 1. The van der Waals surface area contributed by atoms with Crippen molar-refractivity contribution in [3.05, 3.63) is 68.0 Å². The molecule has 2 rings (SSSR count). The molecule has 0 radical (unpaired) electrons. The highest BCUT2D eigenvalue weighted by molar-refractivity contribution is 7.89. The fourth-order valence-electron chi connectivity index (χ4n) is 3.10. The molecule has 0 bridgehead atoms. The number of nitrogens with one attached hydrogen (secondary N) is 1. The number of carbonyl (C=O) groups excluding carboxylic acids is 1. The molecule has 1 N–H and O–H groups in total. The number of aryl methyl sites for hydroxylation is 1. The molecule has 2 aromatic rings. The maximum Gasteiger partial charge on any atom is 0.324 e. The van der Waals surface area contributed by atoms with Crippen LogP contribution in [0.2, 0.25) is 5.02 Å². The summed E-state index contributed by atoms with van der Waals surface area (Å²) in [6.07, 6.45) is 0. The van der Waals surface area contributed by atoms with E-state index in [1.54, 1.807) is 19.9 Å². The van der Waals surface area contributed by atoms with E-state index in [9.17, 15) is 27.7 Å². The lowest BCUT2D eigenvalue weighted by Gasteiger charge is -2.25. The molecule has 0 saturated heterocycles. The van der Waals surface area contributed by atoms with E-state index in [1.165, 1.54) is 19.1 Å². The van der Waals surface area contributed by atoms with Gasteiger partial charge in [-0.15, -0.1) is 0 Å². The lowest BCUT2D eigenvalue weighted by atomic mass is 9.88. The Labute approximate surface area is 178 Å². The molecule has 11 heteroatoms. The van der Waals surface area contributed by atoms with Crippen LogP contribution in [0.15, 0.2) is 35.2 Å². The molecule has 0 amide bonds. The van der Waals surface area contributed by atoms with E-state index in [2.05, 4.69) is 4.72 Å². The number of halogens is 2. The van der Waals surface area contributed by atoms with Crippen LogP contribution in [0, 0.1) is 29.8 Å². The van der Waals surface area contributed by atoms with Crippen LogP contribution < -0.4 is 4.72 Å². The van der Waals surface area contributed by atoms with Gasteiger partial charge in [0, 0.05) is 17.0 Å². The largest absolute Gasteiger partial charge is 0.468 e. The first kappa shape index (κ1) is 23.7. The van der Waals surface area contributed by atoms with Crippen molar-refractivity contribution in [3.63, 3.8) is 0 Å². The summed E-state index contributed by atoms with van der Waals surface area (Å²) in [5.41, 5.74) is 0.675. The fourth-order valence-corrected chi connectivity index (χ4v) is 4.69. The van der Waals surface area contributed by atoms with Crippen molar-refractivity contribution in [2.24, 2.45) is 0 Å². The van der Waals surface area contributed by atoms with Gasteiger partial charge in [0.1, 0.15) is 11.9 Å². The quantitative estimate of drug-likeness (QED) is 0.385. The molecule has 0 saturated carbocycles. The van der Waals surface area contributed by atoms with Crippen molar-refractivity contribution >= 4 is 33.3 Å². The Bertz CT molecular complexity index is 1110. The van der Waals surface area contributed by atoms with Crippen molar-refractivity contribution in [3.8, 4) is 0 Å². The Kier molecular flexibility index (Phi) is 7.17. The third-order valence-corrected chi connectivity index (χ3v) is 6.56. The van der Waals surface area contributed by atoms with Gasteiger partial charge >= 0.3 is 5.97 Å². The molecule has 30 heavy (non-hydrogen) atoms.